The Kier molecular flexibility index (Phi) is 6.19. The molecule has 2 N–H and O–H groups in total. The Bertz CT molecular complexity index is 358. The summed E-state index contributed by atoms with van der Waals surface area (Å²) < 4.78 is 0. The molecule has 4 heteroatoms. The van der Waals surface area contributed by atoms with Gasteiger partial charge in [-0.25, -0.2) is 4.98 Å². The molecule has 0 bridgehead atoms. The van der Waals surface area contributed by atoms with Crippen molar-refractivity contribution < 1.29 is 4.79 Å². The molecule has 0 aliphatic carbocycles. The highest BCUT2D eigenvalue weighted by atomic mass is 16.1. The molecular weight excluding hydrogens is 226 g/mol. The number of amides is 1. The molecular formula is C14H23N3O. The molecule has 0 spiro atoms. The molecule has 0 fully saturated rings. The molecule has 0 saturated heterocycles. The number of hydrogen-bond acceptors (Lipinski definition) is 3. The quantitative estimate of drug-likeness (QED) is 0.781. The predicted octanol–water partition coefficient (Wildman–Crippen LogP) is 2.68. The van der Waals surface area contributed by atoms with Crippen LogP contribution in [0.1, 0.15) is 44.0 Å². The van der Waals surface area contributed by atoms with Crippen molar-refractivity contribution in [2.75, 3.05) is 18.4 Å². The highest BCUT2D eigenvalue weighted by Gasteiger charge is 2.08. The van der Waals surface area contributed by atoms with Gasteiger partial charge in [0.15, 0.2) is 0 Å². The number of pyridine rings is 1. The minimum atomic E-state index is -0.0440. The third-order valence-corrected chi connectivity index (χ3v) is 3.09. The van der Waals surface area contributed by atoms with Crippen LogP contribution in [0.5, 0.6) is 0 Å². The van der Waals surface area contributed by atoms with E-state index in [1.165, 1.54) is 0 Å². The Morgan fingerprint density at radius 3 is 2.50 bits per heavy atom. The van der Waals surface area contributed by atoms with Gasteiger partial charge >= 0.3 is 0 Å². The fourth-order valence-corrected chi connectivity index (χ4v) is 1.73. The lowest BCUT2D eigenvalue weighted by Crippen LogP contribution is -2.29. The largest absolute Gasteiger partial charge is 0.370 e. The van der Waals surface area contributed by atoms with E-state index in [1.807, 2.05) is 13.0 Å². The number of anilines is 1. The van der Waals surface area contributed by atoms with E-state index in [9.17, 15) is 4.79 Å². The van der Waals surface area contributed by atoms with E-state index in [2.05, 4.69) is 29.5 Å². The van der Waals surface area contributed by atoms with Crippen molar-refractivity contribution in [2.45, 2.75) is 33.6 Å². The molecule has 1 aromatic rings. The maximum absolute atomic E-state index is 11.9. The number of hydrogen-bond donors (Lipinski definition) is 2. The monoisotopic (exact) mass is 249 g/mol. The summed E-state index contributed by atoms with van der Waals surface area (Å²) in [6.45, 7) is 7.87. The standard InChI is InChI=1S/C14H23N3O/c1-4-11(5-2)9-17-14(18)12-7-8-13(15-6-3)16-10-12/h7-8,10-11H,4-6,9H2,1-3H3,(H,15,16)(H,17,18). The van der Waals surface area contributed by atoms with Gasteiger partial charge in [0.2, 0.25) is 0 Å². The van der Waals surface area contributed by atoms with Crippen molar-refractivity contribution in [1.29, 1.82) is 0 Å². The molecule has 0 atom stereocenters. The fourth-order valence-electron chi connectivity index (χ4n) is 1.73. The molecule has 100 valence electrons. The van der Waals surface area contributed by atoms with E-state index in [4.69, 9.17) is 0 Å². The average Bonchev–Trinajstić information content (AvgIpc) is 2.41. The number of nitrogens with zero attached hydrogens (tertiary/aromatic N) is 1. The Hall–Kier alpha value is -1.58. The average molecular weight is 249 g/mol. The first kappa shape index (κ1) is 14.5. The summed E-state index contributed by atoms with van der Waals surface area (Å²) >= 11 is 0. The minimum absolute atomic E-state index is 0.0440. The summed E-state index contributed by atoms with van der Waals surface area (Å²) in [6.07, 6.45) is 3.79. The van der Waals surface area contributed by atoms with Crippen LogP contribution in [0.15, 0.2) is 18.3 Å². The van der Waals surface area contributed by atoms with E-state index in [0.717, 1.165) is 31.7 Å². The number of carbonyl (C=O) groups is 1. The second-order valence-corrected chi connectivity index (χ2v) is 4.35. The van der Waals surface area contributed by atoms with E-state index in [-0.39, 0.29) is 5.91 Å². The van der Waals surface area contributed by atoms with Crippen molar-refractivity contribution in [3.8, 4) is 0 Å². The van der Waals surface area contributed by atoms with Crippen LogP contribution in [0.25, 0.3) is 0 Å². The first-order chi connectivity index (χ1) is 8.71. The van der Waals surface area contributed by atoms with Gasteiger partial charge in [-0.3, -0.25) is 4.79 Å². The second kappa shape index (κ2) is 7.69. The molecule has 1 heterocycles. The third-order valence-electron chi connectivity index (χ3n) is 3.09. The van der Waals surface area contributed by atoms with Crippen LogP contribution in [-0.4, -0.2) is 24.0 Å². The predicted molar refractivity (Wildman–Crippen MR) is 74.8 cm³/mol. The molecule has 0 saturated carbocycles. The Labute approximate surface area is 109 Å². The van der Waals surface area contributed by atoms with Crippen LogP contribution in [0, 0.1) is 5.92 Å². The van der Waals surface area contributed by atoms with Gasteiger partial charge in [0.25, 0.3) is 5.91 Å². The van der Waals surface area contributed by atoms with Crippen LogP contribution < -0.4 is 10.6 Å². The number of aromatic nitrogens is 1. The van der Waals surface area contributed by atoms with Gasteiger partial charge in [-0.2, -0.15) is 0 Å². The highest BCUT2D eigenvalue weighted by Crippen LogP contribution is 2.07. The minimum Gasteiger partial charge on any atom is -0.370 e. The van der Waals surface area contributed by atoms with E-state index in [0.29, 0.717) is 11.5 Å². The van der Waals surface area contributed by atoms with Crippen molar-refractivity contribution in [3.05, 3.63) is 23.9 Å². The first-order valence-electron chi connectivity index (χ1n) is 6.69. The summed E-state index contributed by atoms with van der Waals surface area (Å²) in [6, 6.07) is 3.63. The lowest BCUT2D eigenvalue weighted by atomic mass is 10.0. The zero-order valence-corrected chi connectivity index (χ0v) is 11.5. The molecule has 1 aromatic heterocycles. The Morgan fingerprint density at radius 2 is 2.00 bits per heavy atom. The molecule has 1 rings (SSSR count). The van der Waals surface area contributed by atoms with Gasteiger partial charge < -0.3 is 10.6 Å². The Balaban J connectivity index is 2.51. The van der Waals surface area contributed by atoms with Crippen molar-refractivity contribution in [1.82, 2.24) is 10.3 Å². The van der Waals surface area contributed by atoms with Gasteiger partial charge in [0, 0.05) is 19.3 Å². The zero-order chi connectivity index (χ0) is 13.4. The van der Waals surface area contributed by atoms with Gasteiger partial charge in [-0.1, -0.05) is 26.7 Å². The lowest BCUT2D eigenvalue weighted by Gasteiger charge is -2.13. The van der Waals surface area contributed by atoms with Gasteiger partial charge in [0.1, 0.15) is 5.82 Å². The smallest absolute Gasteiger partial charge is 0.252 e. The zero-order valence-electron chi connectivity index (χ0n) is 11.5. The highest BCUT2D eigenvalue weighted by molar-refractivity contribution is 5.94. The van der Waals surface area contributed by atoms with Crippen LogP contribution in [0.2, 0.25) is 0 Å². The molecule has 0 aromatic carbocycles. The van der Waals surface area contributed by atoms with Crippen LogP contribution >= 0.6 is 0 Å². The molecule has 0 radical (unpaired) electrons. The Morgan fingerprint density at radius 1 is 1.28 bits per heavy atom. The lowest BCUT2D eigenvalue weighted by molar-refractivity contribution is 0.0946. The topological polar surface area (TPSA) is 54.0 Å². The number of nitrogens with one attached hydrogen (secondary N) is 2. The molecule has 0 unspecified atom stereocenters. The normalized spacial score (nSPS) is 10.4. The maximum atomic E-state index is 11.9. The summed E-state index contributed by atoms with van der Waals surface area (Å²) in [5.74, 6) is 1.31. The van der Waals surface area contributed by atoms with Crippen LogP contribution in [-0.2, 0) is 0 Å². The van der Waals surface area contributed by atoms with Gasteiger partial charge in [-0.15, -0.1) is 0 Å². The summed E-state index contributed by atoms with van der Waals surface area (Å²) in [4.78, 5) is 16.1. The molecule has 0 aliphatic rings. The van der Waals surface area contributed by atoms with Crippen molar-refractivity contribution >= 4 is 11.7 Å². The maximum Gasteiger partial charge on any atom is 0.252 e. The fraction of sp³-hybridized carbons (Fsp3) is 0.571. The number of rotatable bonds is 7. The van der Waals surface area contributed by atoms with Crippen molar-refractivity contribution in [2.24, 2.45) is 5.92 Å². The van der Waals surface area contributed by atoms with E-state index >= 15 is 0 Å². The van der Waals surface area contributed by atoms with Crippen LogP contribution in [0.3, 0.4) is 0 Å². The molecule has 1 amide bonds. The molecule has 0 aliphatic heterocycles. The van der Waals surface area contributed by atoms with E-state index in [1.54, 1.807) is 12.3 Å². The SMILES string of the molecule is CCNc1ccc(C(=O)NCC(CC)CC)cn1. The summed E-state index contributed by atoms with van der Waals surface area (Å²) in [7, 11) is 0. The second-order valence-electron chi connectivity index (χ2n) is 4.35. The molecule has 18 heavy (non-hydrogen) atoms. The summed E-state index contributed by atoms with van der Waals surface area (Å²) in [5, 5.41) is 6.05. The third kappa shape index (κ3) is 4.35. The molecule has 4 nitrogen and oxygen atoms in total. The number of carbonyl (C=O) groups excluding carboxylic acids is 1. The van der Waals surface area contributed by atoms with Gasteiger partial charge in [-0.05, 0) is 25.0 Å². The van der Waals surface area contributed by atoms with E-state index < -0.39 is 0 Å². The summed E-state index contributed by atoms with van der Waals surface area (Å²) in [5.41, 5.74) is 0.614. The van der Waals surface area contributed by atoms with Crippen LogP contribution in [0.4, 0.5) is 5.82 Å². The van der Waals surface area contributed by atoms with Crippen molar-refractivity contribution in [3.63, 3.8) is 0 Å². The first-order valence-corrected chi connectivity index (χ1v) is 6.69. The van der Waals surface area contributed by atoms with Gasteiger partial charge in [0.05, 0.1) is 5.56 Å².